The summed E-state index contributed by atoms with van der Waals surface area (Å²) in [5.41, 5.74) is 2.71. The predicted octanol–water partition coefficient (Wildman–Crippen LogP) is 2.82. The Morgan fingerprint density at radius 3 is 2.60 bits per heavy atom. The van der Waals surface area contributed by atoms with Crippen molar-refractivity contribution < 1.29 is 4.74 Å². The third-order valence-electron chi connectivity index (χ3n) is 3.28. The molecule has 1 fully saturated rings. The van der Waals surface area contributed by atoms with Gasteiger partial charge in [-0.3, -0.25) is 0 Å². The molecular formula is C13H23NO. The molecule has 2 nitrogen and oxygen atoms in total. The van der Waals surface area contributed by atoms with Gasteiger partial charge in [0.25, 0.3) is 0 Å². The fraction of sp³-hybridized carbons (Fsp3) is 0.692. The van der Waals surface area contributed by atoms with Crippen molar-refractivity contribution in [1.82, 2.24) is 4.90 Å². The average molecular weight is 209 g/mol. The molecule has 0 amide bonds. The lowest BCUT2D eigenvalue weighted by molar-refractivity contribution is 0.112. The lowest BCUT2D eigenvalue weighted by Gasteiger charge is -2.23. The van der Waals surface area contributed by atoms with E-state index in [0.717, 1.165) is 19.5 Å². The van der Waals surface area contributed by atoms with Gasteiger partial charge in [-0.15, -0.1) is 0 Å². The second kappa shape index (κ2) is 5.36. The molecule has 1 rings (SSSR count). The summed E-state index contributed by atoms with van der Waals surface area (Å²) < 4.78 is 5.38. The first-order chi connectivity index (χ1) is 7.10. The van der Waals surface area contributed by atoms with Gasteiger partial charge in [0.1, 0.15) is 0 Å². The molecule has 0 saturated carbocycles. The number of hydrogen-bond acceptors (Lipinski definition) is 2. The molecule has 0 spiro atoms. The van der Waals surface area contributed by atoms with E-state index in [9.17, 15) is 0 Å². The molecule has 1 atom stereocenters. The number of ether oxygens (including phenoxy) is 1. The summed E-state index contributed by atoms with van der Waals surface area (Å²) in [7, 11) is 1.79. The van der Waals surface area contributed by atoms with Crippen LogP contribution in [0.25, 0.3) is 0 Å². The minimum absolute atomic E-state index is 0.389. The Morgan fingerprint density at radius 2 is 2.20 bits per heavy atom. The van der Waals surface area contributed by atoms with Gasteiger partial charge in [0.2, 0.25) is 0 Å². The third-order valence-corrected chi connectivity index (χ3v) is 3.28. The van der Waals surface area contributed by atoms with Crippen LogP contribution in [0.4, 0.5) is 0 Å². The molecule has 1 heterocycles. The highest BCUT2D eigenvalue weighted by Gasteiger charge is 2.23. The summed E-state index contributed by atoms with van der Waals surface area (Å²) in [6.07, 6.45) is 3.49. The van der Waals surface area contributed by atoms with Gasteiger partial charge in [0.05, 0.1) is 6.10 Å². The number of methoxy groups -OCH3 is 1. The van der Waals surface area contributed by atoms with Gasteiger partial charge in [-0.2, -0.15) is 0 Å². The predicted molar refractivity (Wildman–Crippen MR) is 64.7 cm³/mol. The molecule has 0 radical (unpaired) electrons. The van der Waals surface area contributed by atoms with Crippen LogP contribution in [-0.4, -0.2) is 31.2 Å². The molecule has 86 valence electrons. The van der Waals surface area contributed by atoms with Gasteiger partial charge in [-0.25, -0.2) is 0 Å². The summed E-state index contributed by atoms with van der Waals surface area (Å²) in [5.74, 6) is 0.583. The van der Waals surface area contributed by atoms with Crippen LogP contribution in [0.5, 0.6) is 0 Å². The van der Waals surface area contributed by atoms with Crippen LogP contribution in [0.15, 0.2) is 23.9 Å². The zero-order valence-corrected chi connectivity index (χ0v) is 10.4. The van der Waals surface area contributed by atoms with Crippen molar-refractivity contribution in [3.63, 3.8) is 0 Å². The summed E-state index contributed by atoms with van der Waals surface area (Å²) in [6.45, 7) is 12.7. The minimum atomic E-state index is 0.389. The summed E-state index contributed by atoms with van der Waals surface area (Å²) in [5, 5.41) is 0. The molecule has 0 aliphatic carbocycles. The van der Waals surface area contributed by atoms with Gasteiger partial charge in [0.15, 0.2) is 0 Å². The van der Waals surface area contributed by atoms with Gasteiger partial charge in [-0.05, 0) is 30.9 Å². The fourth-order valence-electron chi connectivity index (χ4n) is 1.97. The molecular weight excluding hydrogens is 186 g/mol. The number of allylic oxidation sites excluding steroid dienone is 2. The summed E-state index contributed by atoms with van der Waals surface area (Å²) in [6, 6.07) is 0. The zero-order chi connectivity index (χ0) is 11.4. The van der Waals surface area contributed by atoms with Crippen LogP contribution in [-0.2, 0) is 4.74 Å². The number of hydrogen-bond donors (Lipinski definition) is 0. The van der Waals surface area contributed by atoms with Crippen molar-refractivity contribution in [2.75, 3.05) is 20.2 Å². The quantitative estimate of drug-likeness (QED) is 0.660. The van der Waals surface area contributed by atoms with Gasteiger partial charge < -0.3 is 9.64 Å². The molecule has 2 heteroatoms. The molecule has 1 aliphatic rings. The highest BCUT2D eigenvalue weighted by molar-refractivity contribution is 5.24. The monoisotopic (exact) mass is 209 g/mol. The minimum Gasteiger partial charge on any atom is -0.380 e. The first-order valence-corrected chi connectivity index (χ1v) is 5.71. The summed E-state index contributed by atoms with van der Waals surface area (Å²) in [4.78, 5) is 2.39. The van der Waals surface area contributed by atoms with E-state index in [-0.39, 0.29) is 0 Å². The van der Waals surface area contributed by atoms with Crippen LogP contribution < -0.4 is 0 Å². The Balaban J connectivity index is 2.77. The van der Waals surface area contributed by atoms with E-state index in [0.29, 0.717) is 12.0 Å². The third kappa shape index (κ3) is 2.85. The fourth-order valence-corrected chi connectivity index (χ4v) is 1.97. The highest BCUT2D eigenvalue weighted by Crippen LogP contribution is 2.23. The molecule has 1 saturated heterocycles. The standard InChI is InChI=1S/C13H23NO/c1-6-13(11(4)10(2)3)14-8-7-12(9-14)15-5/h6,10,12H,1,7-9H2,2-5H3/b13-11+/t12-/m1/s1. The first kappa shape index (κ1) is 12.3. The second-order valence-corrected chi connectivity index (χ2v) is 4.52. The summed E-state index contributed by atoms with van der Waals surface area (Å²) >= 11 is 0. The SMILES string of the molecule is C=C/C(=C(/C)C(C)C)N1CC[C@@H](OC)C1. The van der Waals surface area contributed by atoms with Gasteiger partial charge in [-0.1, -0.05) is 20.4 Å². The molecule has 0 aromatic carbocycles. The Labute approximate surface area is 93.6 Å². The Kier molecular flexibility index (Phi) is 4.40. The van der Waals surface area contributed by atoms with E-state index in [1.165, 1.54) is 11.3 Å². The van der Waals surface area contributed by atoms with E-state index < -0.39 is 0 Å². The molecule has 0 aromatic heterocycles. The van der Waals surface area contributed by atoms with Crippen molar-refractivity contribution in [1.29, 1.82) is 0 Å². The van der Waals surface area contributed by atoms with E-state index in [1.807, 2.05) is 6.08 Å². The Bertz CT molecular complexity index is 255. The maximum atomic E-state index is 5.38. The Morgan fingerprint density at radius 1 is 1.53 bits per heavy atom. The van der Waals surface area contributed by atoms with Crippen LogP contribution in [0.3, 0.4) is 0 Å². The highest BCUT2D eigenvalue weighted by atomic mass is 16.5. The molecule has 0 unspecified atom stereocenters. The van der Waals surface area contributed by atoms with Crippen molar-refractivity contribution in [3.8, 4) is 0 Å². The van der Waals surface area contributed by atoms with Crippen molar-refractivity contribution in [3.05, 3.63) is 23.9 Å². The van der Waals surface area contributed by atoms with Crippen molar-refractivity contribution >= 4 is 0 Å². The smallest absolute Gasteiger partial charge is 0.0762 e. The van der Waals surface area contributed by atoms with Crippen LogP contribution in [0.2, 0.25) is 0 Å². The van der Waals surface area contributed by atoms with E-state index >= 15 is 0 Å². The van der Waals surface area contributed by atoms with Gasteiger partial charge >= 0.3 is 0 Å². The number of rotatable bonds is 4. The normalized spacial score (nSPS) is 23.3. The Hall–Kier alpha value is -0.760. The van der Waals surface area contributed by atoms with Gasteiger partial charge in [0, 0.05) is 25.9 Å². The zero-order valence-electron chi connectivity index (χ0n) is 10.4. The lowest BCUT2D eigenvalue weighted by atomic mass is 10.0. The lowest BCUT2D eigenvalue weighted by Crippen LogP contribution is -2.23. The molecule has 1 aliphatic heterocycles. The van der Waals surface area contributed by atoms with Crippen LogP contribution in [0.1, 0.15) is 27.2 Å². The molecule has 0 aromatic rings. The molecule has 0 N–H and O–H groups in total. The maximum Gasteiger partial charge on any atom is 0.0762 e. The van der Waals surface area contributed by atoms with E-state index in [1.54, 1.807) is 7.11 Å². The van der Waals surface area contributed by atoms with Crippen LogP contribution >= 0.6 is 0 Å². The number of nitrogens with zero attached hydrogens (tertiary/aromatic N) is 1. The topological polar surface area (TPSA) is 12.5 Å². The second-order valence-electron chi connectivity index (χ2n) is 4.52. The number of likely N-dealkylation sites (tertiary alicyclic amines) is 1. The van der Waals surface area contributed by atoms with Crippen molar-refractivity contribution in [2.45, 2.75) is 33.3 Å². The largest absolute Gasteiger partial charge is 0.380 e. The van der Waals surface area contributed by atoms with E-state index in [2.05, 4.69) is 32.3 Å². The first-order valence-electron chi connectivity index (χ1n) is 5.71. The molecule has 15 heavy (non-hydrogen) atoms. The van der Waals surface area contributed by atoms with Crippen molar-refractivity contribution in [2.24, 2.45) is 5.92 Å². The molecule has 0 bridgehead atoms. The van der Waals surface area contributed by atoms with E-state index in [4.69, 9.17) is 4.74 Å². The average Bonchev–Trinajstić information content (AvgIpc) is 2.67. The van der Waals surface area contributed by atoms with Crippen LogP contribution in [0, 0.1) is 5.92 Å². The maximum absolute atomic E-state index is 5.38.